The van der Waals surface area contributed by atoms with E-state index in [4.69, 9.17) is 4.74 Å². The standard InChI is InChI=1S/C15H14N2O4/c1-21-14-4-2-3-11(9-14)10-15(18)16-12-5-7-13(8-6-12)17(19)20/h2-9H,10H2,1H3,(H,16,18). The van der Waals surface area contributed by atoms with Crippen molar-refractivity contribution in [2.75, 3.05) is 12.4 Å². The van der Waals surface area contributed by atoms with Crippen molar-refractivity contribution in [3.8, 4) is 5.75 Å². The molecule has 0 aliphatic rings. The van der Waals surface area contributed by atoms with Gasteiger partial charge in [-0.1, -0.05) is 12.1 Å². The van der Waals surface area contributed by atoms with Crippen LogP contribution in [0.3, 0.4) is 0 Å². The van der Waals surface area contributed by atoms with E-state index >= 15 is 0 Å². The Morgan fingerprint density at radius 3 is 2.57 bits per heavy atom. The average molecular weight is 286 g/mol. The van der Waals surface area contributed by atoms with Crippen LogP contribution in [0, 0.1) is 10.1 Å². The maximum atomic E-state index is 11.9. The highest BCUT2D eigenvalue weighted by molar-refractivity contribution is 5.92. The van der Waals surface area contributed by atoms with Crippen LogP contribution >= 0.6 is 0 Å². The molecule has 0 aliphatic heterocycles. The molecule has 0 bridgehead atoms. The number of carbonyl (C=O) groups excluding carboxylic acids is 1. The van der Waals surface area contributed by atoms with Gasteiger partial charge in [-0.05, 0) is 29.8 Å². The molecule has 0 fully saturated rings. The van der Waals surface area contributed by atoms with Gasteiger partial charge in [0.25, 0.3) is 5.69 Å². The van der Waals surface area contributed by atoms with Crippen molar-refractivity contribution in [1.29, 1.82) is 0 Å². The van der Waals surface area contributed by atoms with Crippen LogP contribution in [0.2, 0.25) is 0 Å². The van der Waals surface area contributed by atoms with Crippen LogP contribution < -0.4 is 10.1 Å². The lowest BCUT2D eigenvalue weighted by molar-refractivity contribution is -0.384. The summed E-state index contributed by atoms with van der Waals surface area (Å²) in [6, 6.07) is 12.9. The lowest BCUT2D eigenvalue weighted by Crippen LogP contribution is -2.14. The molecule has 2 rings (SSSR count). The Bertz CT molecular complexity index is 653. The number of benzene rings is 2. The van der Waals surface area contributed by atoms with Gasteiger partial charge in [0.1, 0.15) is 5.75 Å². The van der Waals surface area contributed by atoms with E-state index in [-0.39, 0.29) is 18.0 Å². The van der Waals surface area contributed by atoms with Gasteiger partial charge in [-0.2, -0.15) is 0 Å². The molecule has 2 aromatic rings. The number of amides is 1. The summed E-state index contributed by atoms with van der Waals surface area (Å²) in [6.07, 6.45) is 0.203. The molecule has 1 N–H and O–H groups in total. The van der Waals surface area contributed by atoms with Crippen LogP contribution in [-0.2, 0) is 11.2 Å². The number of nitro groups is 1. The minimum absolute atomic E-state index is 0.0132. The van der Waals surface area contributed by atoms with Gasteiger partial charge in [0.05, 0.1) is 18.5 Å². The summed E-state index contributed by atoms with van der Waals surface area (Å²) in [5.41, 5.74) is 1.34. The Hall–Kier alpha value is -2.89. The van der Waals surface area contributed by atoms with Crippen molar-refractivity contribution in [3.63, 3.8) is 0 Å². The minimum Gasteiger partial charge on any atom is -0.497 e. The smallest absolute Gasteiger partial charge is 0.269 e. The van der Waals surface area contributed by atoms with Gasteiger partial charge in [0.2, 0.25) is 5.91 Å². The van der Waals surface area contributed by atoms with E-state index in [2.05, 4.69) is 5.32 Å². The number of methoxy groups -OCH3 is 1. The number of ether oxygens (including phenoxy) is 1. The highest BCUT2D eigenvalue weighted by atomic mass is 16.6. The first-order valence-electron chi connectivity index (χ1n) is 6.26. The number of nitrogens with zero attached hydrogens (tertiary/aromatic N) is 1. The third-order valence-electron chi connectivity index (χ3n) is 2.86. The van der Waals surface area contributed by atoms with Crippen molar-refractivity contribution in [3.05, 3.63) is 64.2 Å². The fourth-order valence-corrected chi connectivity index (χ4v) is 1.84. The molecule has 2 aromatic carbocycles. The Kier molecular flexibility index (Phi) is 4.50. The van der Waals surface area contributed by atoms with Crippen molar-refractivity contribution in [2.24, 2.45) is 0 Å². The van der Waals surface area contributed by atoms with Gasteiger partial charge in [0, 0.05) is 17.8 Å². The molecule has 1 amide bonds. The summed E-state index contributed by atoms with van der Waals surface area (Å²) in [7, 11) is 1.57. The molecule has 0 heterocycles. The van der Waals surface area contributed by atoms with Gasteiger partial charge in [0.15, 0.2) is 0 Å². The van der Waals surface area contributed by atoms with E-state index in [0.717, 1.165) is 5.56 Å². The number of hydrogen-bond acceptors (Lipinski definition) is 4. The monoisotopic (exact) mass is 286 g/mol. The summed E-state index contributed by atoms with van der Waals surface area (Å²) < 4.78 is 5.09. The molecule has 6 nitrogen and oxygen atoms in total. The number of rotatable bonds is 5. The van der Waals surface area contributed by atoms with Gasteiger partial charge >= 0.3 is 0 Å². The van der Waals surface area contributed by atoms with E-state index in [9.17, 15) is 14.9 Å². The Morgan fingerprint density at radius 2 is 1.95 bits per heavy atom. The molecule has 0 saturated carbocycles. The summed E-state index contributed by atoms with van der Waals surface area (Å²) in [5, 5.41) is 13.2. The van der Waals surface area contributed by atoms with Crippen LogP contribution in [0.25, 0.3) is 0 Å². The largest absolute Gasteiger partial charge is 0.497 e. The summed E-state index contributed by atoms with van der Waals surface area (Å²) in [4.78, 5) is 22.0. The van der Waals surface area contributed by atoms with Gasteiger partial charge in [-0.25, -0.2) is 0 Å². The first-order chi connectivity index (χ1) is 10.1. The minimum atomic E-state index is -0.484. The number of carbonyl (C=O) groups is 1. The molecular formula is C15H14N2O4. The van der Waals surface area contributed by atoms with Crippen molar-refractivity contribution in [1.82, 2.24) is 0 Å². The first-order valence-corrected chi connectivity index (χ1v) is 6.26. The van der Waals surface area contributed by atoms with Crippen LogP contribution in [0.15, 0.2) is 48.5 Å². The van der Waals surface area contributed by atoms with Gasteiger partial charge in [-0.15, -0.1) is 0 Å². The van der Waals surface area contributed by atoms with E-state index in [1.807, 2.05) is 12.1 Å². The number of anilines is 1. The molecule has 6 heteroatoms. The quantitative estimate of drug-likeness (QED) is 0.677. The molecule has 0 aliphatic carbocycles. The second kappa shape index (κ2) is 6.51. The highest BCUT2D eigenvalue weighted by Gasteiger charge is 2.07. The second-order valence-corrected chi connectivity index (χ2v) is 4.38. The molecule has 0 saturated heterocycles. The molecule has 108 valence electrons. The molecule has 0 radical (unpaired) electrons. The van der Waals surface area contributed by atoms with Gasteiger partial charge in [-0.3, -0.25) is 14.9 Å². The summed E-state index contributed by atoms with van der Waals surface area (Å²) >= 11 is 0. The van der Waals surface area contributed by atoms with Crippen LogP contribution in [0.4, 0.5) is 11.4 Å². The maximum Gasteiger partial charge on any atom is 0.269 e. The van der Waals surface area contributed by atoms with E-state index in [1.165, 1.54) is 24.3 Å². The third kappa shape index (κ3) is 4.04. The van der Waals surface area contributed by atoms with Crippen molar-refractivity contribution in [2.45, 2.75) is 6.42 Å². The molecule has 0 unspecified atom stereocenters. The zero-order valence-corrected chi connectivity index (χ0v) is 11.4. The van der Waals surface area contributed by atoms with Gasteiger partial charge < -0.3 is 10.1 Å². The summed E-state index contributed by atoms with van der Waals surface area (Å²) in [6.45, 7) is 0. The number of non-ortho nitro benzene ring substituents is 1. The number of nitro benzene ring substituents is 1. The molecule has 0 aromatic heterocycles. The topological polar surface area (TPSA) is 81.5 Å². The maximum absolute atomic E-state index is 11.9. The van der Waals surface area contributed by atoms with E-state index in [0.29, 0.717) is 11.4 Å². The lowest BCUT2D eigenvalue weighted by atomic mass is 10.1. The van der Waals surface area contributed by atoms with E-state index < -0.39 is 4.92 Å². The van der Waals surface area contributed by atoms with Crippen LogP contribution in [-0.4, -0.2) is 17.9 Å². The number of hydrogen-bond donors (Lipinski definition) is 1. The Balaban J connectivity index is 1.99. The summed E-state index contributed by atoms with van der Waals surface area (Å²) in [5.74, 6) is 0.493. The Morgan fingerprint density at radius 1 is 1.24 bits per heavy atom. The molecule has 0 atom stereocenters. The van der Waals surface area contributed by atoms with Crippen LogP contribution in [0.1, 0.15) is 5.56 Å². The van der Waals surface area contributed by atoms with Crippen molar-refractivity contribution < 1.29 is 14.5 Å². The second-order valence-electron chi connectivity index (χ2n) is 4.38. The fraction of sp³-hybridized carbons (Fsp3) is 0.133. The molecule has 0 spiro atoms. The molecule has 21 heavy (non-hydrogen) atoms. The predicted molar refractivity (Wildman–Crippen MR) is 78.4 cm³/mol. The van der Waals surface area contributed by atoms with Crippen molar-refractivity contribution >= 4 is 17.3 Å². The number of nitrogens with one attached hydrogen (secondary N) is 1. The first kappa shape index (κ1) is 14.5. The average Bonchev–Trinajstić information content (AvgIpc) is 2.47. The zero-order valence-electron chi connectivity index (χ0n) is 11.4. The third-order valence-corrected chi connectivity index (χ3v) is 2.86. The highest BCUT2D eigenvalue weighted by Crippen LogP contribution is 2.17. The predicted octanol–water partition coefficient (Wildman–Crippen LogP) is 2.78. The van der Waals surface area contributed by atoms with Crippen LogP contribution in [0.5, 0.6) is 5.75 Å². The molecular weight excluding hydrogens is 272 g/mol. The normalized spacial score (nSPS) is 9.95. The fourth-order valence-electron chi connectivity index (χ4n) is 1.84. The van der Waals surface area contributed by atoms with E-state index in [1.54, 1.807) is 19.2 Å². The lowest BCUT2D eigenvalue weighted by Gasteiger charge is -2.06. The zero-order chi connectivity index (χ0) is 15.2. The SMILES string of the molecule is COc1cccc(CC(=O)Nc2ccc([N+](=O)[O-])cc2)c1. The Labute approximate surface area is 121 Å².